The van der Waals surface area contributed by atoms with Crippen molar-refractivity contribution >= 4 is 34.1 Å². The van der Waals surface area contributed by atoms with Crippen LogP contribution in [0.2, 0.25) is 0 Å². The van der Waals surface area contributed by atoms with E-state index in [4.69, 9.17) is 4.98 Å². The molecule has 2 atom stereocenters. The van der Waals surface area contributed by atoms with Crippen molar-refractivity contribution in [2.45, 2.75) is 19.3 Å². The van der Waals surface area contributed by atoms with Gasteiger partial charge in [0, 0.05) is 55.8 Å². The number of aromatic nitrogens is 6. The van der Waals surface area contributed by atoms with Gasteiger partial charge in [0.15, 0.2) is 5.65 Å². The van der Waals surface area contributed by atoms with Crippen molar-refractivity contribution in [1.82, 2.24) is 34.7 Å². The summed E-state index contributed by atoms with van der Waals surface area (Å²) in [6, 6.07) is 17.9. The number of pyridine rings is 1. The normalized spacial score (nSPS) is 17.1. The molecule has 35 heavy (non-hydrogen) atoms. The highest BCUT2D eigenvalue weighted by Crippen LogP contribution is 2.46. The average molecular weight is 467 g/mol. The van der Waals surface area contributed by atoms with Gasteiger partial charge in [-0.05, 0) is 31.4 Å². The lowest BCUT2D eigenvalue weighted by Crippen LogP contribution is -2.28. The fraction of sp³-hybridized carbons (Fsp3) is 0.269. The first kappa shape index (κ1) is 21.3. The number of carbonyl (C=O) groups excluding carboxylic acids is 1. The Morgan fingerprint density at radius 3 is 2.80 bits per heavy atom. The highest BCUT2D eigenvalue weighted by atomic mass is 16.1. The van der Waals surface area contributed by atoms with Gasteiger partial charge in [0.25, 0.3) is 5.91 Å². The predicted molar refractivity (Wildman–Crippen MR) is 134 cm³/mol. The van der Waals surface area contributed by atoms with Gasteiger partial charge >= 0.3 is 0 Å². The monoisotopic (exact) mass is 466 g/mol. The van der Waals surface area contributed by atoms with Crippen LogP contribution in [0.15, 0.2) is 60.8 Å². The summed E-state index contributed by atoms with van der Waals surface area (Å²) in [6.07, 6.45) is 2.70. The third-order valence-electron chi connectivity index (χ3n) is 6.69. The minimum Gasteiger partial charge on any atom is -0.350 e. The van der Waals surface area contributed by atoms with E-state index < -0.39 is 0 Å². The summed E-state index contributed by atoms with van der Waals surface area (Å²) >= 11 is 0. The number of hydrogen-bond acceptors (Lipinski definition) is 6. The molecule has 0 aliphatic heterocycles. The molecule has 1 saturated carbocycles. The molecule has 6 rings (SSSR count). The maximum atomic E-state index is 13.1. The number of para-hydroxylation sites is 1. The lowest BCUT2D eigenvalue weighted by Gasteiger charge is -2.20. The molecular formula is C26H26N8O. The topological polar surface area (TPSA) is 93.2 Å². The highest BCUT2D eigenvalue weighted by molar-refractivity contribution is 5.93. The third-order valence-corrected chi connectivity index (χ3v) is 6.69. The van der Waals surface area contributed by atoms with E-state index in [0.717, 1.165) is 40.3 Å². The van der Waals surface area contributed by atoms with Crippen molar-refractivity contribution in [2.75, 3.05) is 18.5 Å². The van der Waals surface area contributed by atoms with Crippen LogP contribution in [0.25, 0.3) is 16.6 Å². The second-order valence-corrected chi connectivity index (χ2v) is 9.17. The Balaban J connectivity index is 1.19. The van der Waals surface area contributed by atoms with E-state index >= 15 is 0 Å². The Morgan fingerprint density at radius 2 is 1.97 bits per heavy atom. The fourth-order valence-electron chi connectivity index (χ4n) is 4.72. The number of amides is 1. The average Bonchev–Trinajstić information content (AvgIpc) is 3.34. The smallest absolute Gasteiger partial charge is 0.270 e. The SMILES string of the molecule is Cc1cc(N(C)c2cc(C(=O)NC[C@@H]3C[C@H]3c3ccc4ccccc4n3)nc3ccnn23)n(C)n1. The molecule has 1 aliphatic rings. The number of rotatable bonds is 6. The molecule has 1 aromatic carbocycles. The number of carbonyl (C=O) groups is 1. The van der Waals surface area contributed by atoms with Gasteiger partial charge in [0.1, 0.15) is 17.3 Å². The Hall–Kier alpha value is -4.27. The number of aryl methyl sites for hydroxylation is 2. The minimum absolute atomic E-state index is 0.193. The molecule has 1 N–H and O–H groups in total. The molecule has 4 aromatic heterocycles. The van der Waals surface area contributed by atoms with E-state index in [1.165, 1.54) is 0 Å². The Morgan fingerprint density at radius 1 is 1.11 bits per heavy atom. The van der Waals surface area contributed by atoms with Crippen LogP contribution < -0.4 is 10.2 Å². The molecule has 0 unspecified atom stereocenters. The van der Waals surface area contributed by atoms with E-state index in [1.807, 2.05) is 50.2 Å². The molecule has 0 bridgehead atoms. The van der Waals surface area contributed by atoms with E-state index in [1.54, 1.807) is 27.5 Å². The van der Waals surface area contributed by atoms with Gasteiger partial charge in [-0.15, -0.1) is 0 Å². The van der Waals surface area contributed by atoms with Crippen LogP contribution in [-0.4, -0.2) is 48.9 Å². The summed E-state index contributed by atoms with van der Waals surface area (Å²) in [6.45, 7) is 2.54. The van der Waals surface area contributed by atoms with Crippen molar-refractivity contribution < 1.29 is 4.79 Å². The molecule has 4 heterocycles. The number of nitrogens with zero attached hydrogens (tertiary/aromatic N) is 7. The van der Waals surface area contributed by atoms with Crippen molar-refractivity contribution in [1.29, 1.82) is 0 Å². The number of fused-ring (bicyclic) bond motifs is 2. The molecule has 1 aliphatic carbocycles. The maximum absolute atomic E-state index is 13.1. The van der Waals surface area contributed by atoms with Gasteiger partial charge in [0.05, 0.1) is 17.4 Å². The van der Waals surface area contributed by atoms with E-state index in [-0.39, 0.29) is 5.91 Å². The van der Waals surface area contributed by atoms with Crippen LogP contribution in [0.3, 0.4) is 0 Å². The van der Waals surface area contributed by atoms with Gasteiger partial charge in [-0.25, -0.2) is 4.98 Å². The summed E-state index contributed by atoms with van der Waals surface area (Å²) in [7, 11) is 3.82. The summed E-state index contributed by atoms with van der Waals surface area (Å²) < 4.78 is 3.53. The van der Waals surface area contributed by atoms with Crippen molar-refractivity contribution in [2.24, 2.45) is 13.0 Å². The van der Waals surface area contributed by atoms with Gasteiger partial charge in [-0.1, -0.05) is 24.3 Å². The Labute approximate surface area is 202 Å². The predicted octanol–water partition coefficient (Wildman–Crippen LogP) is 3.62. The van der Waals surface area contributed by atoms with E-state index in [2.05, 4.69) is 38.7 Å². The lowest BCUT2D eigenvalue weighted by atomic mass is 10.1. The van der Waals surface area contributed by atoms with Crippen LogP contribution in [0.5, 0.6) is 0 Å². The molecule has 0 radical (unpaired) electrons. The van der Waals surface area contributed by atoms with Crippen LogP contribution in [0.1, 0.15) is 34.2 Å². The largest absolute Gasteiger partial charge is 0.350 e. The zero-order valence-electron chi connectivity index (χ0n) is 19.9. The molecule has 1 amide bonds. The summed E-state index contributed by atoms with van der Waals surface area (Å²) in [5.41, 5.74) is 4.00. The van der Waals surface area contributed by atoms with E-state index in [9.17, 15) is 4.79 Å². The van der Waals surface area contributed by atoms with Gasteiger partial charge in [0.2, 0.25) is 0 Å². The highest BCUT2D eigenvalue weighted by Gasteiger charge is 2.39. The lowest BCUT2D eigenvalue weighted by molar-refractivity contribution is 0.0946. The molecule has 0 saturated heterocycles. The van der Waals surface area contributed by atoms with Crippen LogP contribution in [-0.2, 0) is 7.05 Å². The number of anilines is 2. The van der Waals surface area contributed by atoms with E-state index in [0.29, 0.717) is 29.7 Å². The van der Waals surface area contributed by atoms with Crippen molar-refractivity contribution in [3.63, 3.8) is 0 Å². The molecular weight excluding hydrogens is 440 g/mol. The number of benzene rings is 1. The first-order valence-corrected chi connectivity index (χ1v) is 11.7. The molecule has 5 aromatic rings. The van der Waals surface area contributed by atoms with Crippen LogP contribution in [0.4, 0.5) is 11.6 Å². The summed E-state index contributed by atoms with van der Waals surface area (Å²) in [4.78, 5) is 24.4. The zero-order valence-corrected chi connectivity index (χ0v) is 19.9. The molecule has 176 valence electrons. The minimum atomic E-state index is -0.193. The molecule has 0 spiro atoms. The third kappa shape index (κ3) is 3.88. The summed E-state index contributed by atoms with van der Waals surface area (Å²) in [5.74, 6) is 2.19. The number of hydrogen-bond donors (Lipinski definition) is 1. The summed E-state index contributed by atoms with van der Waals surface area (Å²) in [5, 5.41) is 13.1. The van der Waals surface area contributed by atoms with Crippen molar-refractivity contribution in [3.8, 4) is 0 Å². The Bertz CT molecular complexity index is 1570. The first-order valence-electron chi connectivity index (χ1n) is 11.7. The van der Waals surface area contributed by atoms with Crippen molar-refractivity contribution in [3.05, 3.63) is 77.9 Å². The Kier molecular flexibility index (Phi) is 4.98. The maximum Gasteiger partial charge on any atom is 0.270 e. The zero-order chi connectivity index (χ0) is 24.1. The molecule has 1 fully saturated rings. The number of nitrogens with one attached hydrogen (secondary N) is 1. The second kappa shape index (κ2) is 8.19. The van der Waals surface area contributed by atoms with Gasteiger partial charge < -0.3 is 10.2 Å². The second-order valence-electron chi connectivity index (χ2n) is 9.17. The standard InChI is InChI=1S/C26H26N8O/c1-16-12-24(33(3)31-16)32(2)25-14-22(30-23-10-11-28-34(23)25)26(35)27-15-18-13-19(18)21-9-8-17-6-4-5-7-20(17)29-21/h4-12,14,18-19H,13,15H2,1-3H3,(H,27,35)/t18-,19+/m0/s1. The first-order chi connectivity index (χ1) is 17.0. The molecule has 9 heteroatoms. The van der Waals surface area contributed by atoms with Gasteiger partial charge in [-0.3, -0.25) is 14.5 Å². The molecule has 9 nitrogen and oxygen atoms in total. The van der Waals surface area contributed by atoms with Crippen LogP contribution >= 0.6 is 0 Å². The van der Waals surface area contributed by atoms with Gasteiger partial charge in [-0.2, -0.15) is 14.7 Å². The quantitative estimate of drug-likeness (QED) is 0.411. The fourth-order valence-corrected chi connectivity index (χ4v) is 4.72. The van der Waals surface area contributed by atoms with Crippen LogP contribution in [0, 0.1) is 12.8 Å².